The molecule has 0 nitrogen and oxygen atoms in total. The summed E-state index contributed by atoms with van der Waals surface area (Å²) in [5, 5.41) is 0. The summed E-state index contributed by atoms with van der Waals surface area (Å²) < 4.78 is 1.46. The van der Waals surface area contributed by atoms with E-state index in [1.54, 1.807) is 0 Å². The zero-order valence-electron chi connectivity index (χ0n) is 26.5. The van der Waals surface area contributed by atoms with Crippen molar-refractivity contribution in [3.05, 3.63) is 124 Å². The van der Waals surface area contributed by atoms with E-state index >= 15 is 0 Å². The average Bonchev–Trinajstić information content (AvgIpc) is 3.52. The molecule has 0 saturated heterocycles. The summed E-state index contributed by atoms with van der Waals surface area (Å²) in [7, 11) is 0. The van der Waals surface area contributed by atoms with E-state index in [0.29, 0.717) is 5.41 Å². The normalized spacial score (nSPS) is 11.8. The van der Waals surface area contributed by atoms with Crippen LogP contribution in [0.2, 0.25) is 0 Å². The standard InChI is InChI=1S/C21H25.C9H13.C8H8.2ClH.Zr/c1-20(2,3)16-9-7-14-11-15-8-10-17(21(4,5)6)13-19(15)18(14)12-16;1-9(2,3)8-6-4-5-7-8;1-2-8-6-4-3-5-7-8;;;/h7,9-10,12-13H,11H2,1-6H3;4-7H,1-3H3;3-7H,1H3;2*1H;/q2*-1;;;;+2/p-2. The minimum absolute atomic E-state index is 0. The third-order valence-electron chi connectivity index (χ3n) is 7.26. The Kier molecular flexibility index (Phi) is 13.8. The van der Waals surface area contributed by atoms with Crippen LogP contribution in [0.15, 0.2) is 84.9 Å². The molecule has 0 bridgehead atoms. The molecule has 0 heterocycles. The molecule has 4 aromatic rings. The SMILES string of the molecule is CC(C)(C)c1c[c-]c2c(c1)-c1cc(C(C)(C)C)ccc1C2.CC(C)(C)c1cc[cH-]c1.C[C](=[Zr+2])c1ccccc1.[Cl-].[Cl-]. The van der Waals surface area contributed by atoms with Crippen LogP contribution in [0.5, 0.6) is 0 Å². The number of fused-ring (bicyclic) bond motifs is 3. The van der Waals surface area contributed by atoms with Gasteiger partial charge in [0.1, 0.15) is 0 Å². The van der Waals surface area contributed by atoms with E-state index in [1.807, 2.05) is 6.07 Å². The first-order valence-electron chi connectivity index (χ1n) is 14.1. The van der Waals surface area contributed by atoms with Crippen molar-refractivity contribution in [1.82, 2.24) is 0 Å². The van der Waals surface area contributed by atoms with Crippen molar-refractivity contribution in [1.29, 1.82) is 0 Å². The van der Waals surface area contributed by atoms with Crippen LogP contribution >= 0.6 is 0 Å². The van der Waals surface area contributed by atoms with Crippen molar-refractivity contribution in [2.24, 2.45) is 0 Å². The predicted molar refractivity (Wildman–Crippen MR) is 168 cm³/mol. The summed E-state index contributed by atoms with van der Waals surface area (Å²) in [6.07, 6.45) is 1.03. The molecule has 218 valence electrons. The van der Waals surface area contributed by atoms with E-state index < -0.39 is 0 Å². The smallest absolute Gasteiger partial charge is 1.00 e. The van der Waals surface area contributed by atoms with Gasteiger partial charge in [0.25, 0.3) is 0 Å². The Morgan fingerprint density at radius 3 is 1.71 bits per heavy atom. The minimum atomic E-state index is 0. The fourth-order valence-electron chi connectivity index (χ4n) is 4.55. The molecule has 41 heavy (non-hydrogen) atoms. The maximum absolute atomic E-state index is 3.53. The van der Waals surface area contributed by atoms with Crippen molar-refractivity contribution in [3.8, 4) is 11.1 Å². The summed E-state index contributed by atoms with van der Waals surface area (Å²) >= 11 is 1.51. The van der Waals surface area contributed by atoms with Gasteiger partial charge >= 0.3 is 70.3 Å². The van der Waals surface area contributed by atoms with Gasteiger partial charge in [-0.2, -0.15) is 53.1 Å². The molecule has 0 N–H and O–H groups in total. The van der Waals surface area contributed by atoms with Crippen LogP contribution in [0.1, 0.15) is 103 Å². The van der Waals surface area contributed by atoms with Crippen LogP contribution in [-0.4, -0.2) is 3.21 Å². The second-order valence-electron chi connectivity index (χ2n) is 13.7. The quantitative estimate of drug-likeness (QED) is 0.237. The second-order valence-corrected chi connectivity index (χ2v) is 15.6. The monoisotopic (exact) mass is 662 g/mol. The second kappa shape index (κ2) is 15.2. The van der Waals surface area contributed by atoms with Gasteiger partial charge in [-0.15, -0.1) is 5.56 Å². The van der Waals surface area contributed by atoms with Gasteiger partial charge in [0.15, 0.2) is 0 Å². The topological polar surface area (TPSA) is 0 Å². The fourth-order valence-corrected chi connectivity index (χ4v) is 4.96. The molecule has 0 atom stereocenters. The van der Waals surface area contributed by atoms with Crippen LogP contribution < -0.4 is 24.8 Å². The van der Waals surface area contributed by atoms with Crippen LogP contribution in [0.3, 0.4) is 0 Å². The van der Waals surface area contributed by atoms with Gasteiger partial charge in [-0.05, 0) is 17.4 Å². The van der Waals surface area contributed by atoms with Gasteiger partial charge in [-0.25, -0.2) is 6.07 Å². The Morgan fingerprint density at radius 2 is 1.27 bits per heavy atom. The molecule has 1 aliphatic rings. The zero-order valence-corrected chi connectivity index (χ0v) is 30.5. The van der Waals surface area contributed by atoms with E-state index in [-0.39, 0.29) is 35.6 Å². The minimum Gasteiger partial charge on any atom is -1.00 e. The first-order chi connectivity index (χ1) is 18.1. The molecule has 0 aromatic heterocycles. The molecule has 0 unspecified atom stereocenters. The molecular weight excluding hydrogens is 619 g/mol. The van der Waals surface area contributed by atoms with Crippen molar-refractivity contribution in [2.75, 3.05) is 0 Å². The number of benzene rings is 3. The van der Waals surface area contributed by atoms with Crippen LogP contribution in [0.25, 0.3) is 11.1 Å². The molecule has 3 heteroatoms. The molecule has 1 aliphatic carbocycles. The molecule has 0 radical (unpaired) electrons. The van der Waals surface area contributed by atoms with Crippen LogP contribution in [0.4, 0.5) is 0 Å². The van der Waals surface area contributed by atoms with E-state index in [4.69, 9.17) is 0 Å². The van der Waals surface area contributed by atoms with Crippen molar-refractivity contribution < 1.29 is 49.0 Å². The molecule has 0 saturated carbocycles. The van der Waals surface area contributed by atoms with E-state index in [0.717, 1.165) is 6.42 Å². The Bertz CT molecular complexity index is 1320. The van der Waals surface area contributed by atoms with Gasteiger partial charge in [0.2, 0.25) is 0 Å². The molecule has 5 rings (SSSR count). The third kappa shape index (κ3) is 10.5. The fraction of sp³-hybridized carbons (Fsp3) is 0.368. The Labute approximate surface area is 277 Å². The van der Waals surface area contributed by atoms with Gasteiger partial charge in [0.05, 0.1) is 0 Å². The van der Waals surface area contributed by atoms with Crippen LogP contribution in [-0.2, 0) is 46.9 Å². The molecule has 0 amide bonds. The van der Waals surface area contributed by atoms with Crippen LogP contribution in [0, 0.1) is 6.07 Å². The van der Waals surface area contributed by atoms with Crippen molar-refractivity contribution in [3.63, 3.8) is 0 Å². The summed E-state index contributed by atoms with van der Waals surface area (Å²) in [4.78, 5) is 0. The molecule has 4 aromatic carbocycles. The van der Waals surface area contributed by atoms with Crippen molar-refractivity contribution >= 4 is 3.21 Å². The molecule has 0 fully saturated rings. The Balaban J connectivity index is 0.000000351. The Morgan fingerprint density at radius 1 is 0.707 bits per heavy atom. The van der Waals surface area contributed by atoms with Gasteiger partial charge < -0.3 is 24.8 Å². The van der Waals surface area contributed by atoms with Gasteiger partial charge in [0, 0.05) is 0 Å². The number of rotatable bonds is 1. The largest absolute Gasteiger partial charge is 1.00 e. The predicted octanol–water partition coefficient (Wildman–Crippen LogP) is 4.14. The zero-order chi connectivity index (χ0) is 29.0. The van der Waals surface area contributed by atoms with E-state index in [9.17, 15) is 0 Å². The summed E-state index contributed by atoms with van der Waals surface area (Å²) in [5.74, 6) is 0. The maximum atomic E-state index is 3.53. The number of hydrogen-bond acceptors (Lipinski definition) is 0. The first kappa shape index (κ1) is 37.4. The van der Waals surface area contributed by atoms with E-state index in [2.05, 4.69) is 154 Å². The third-order valence-corrected chi connectivity index (χ3v) is 7.97. The average molecular weight is 665 g/mol. The van der Waals surface area contributed by atoms with Gasteiger partial charge in [-0.3, -0.25) is 0 Å². The summed E-state index contributed by atoms with van der Waals surface area (Å²) in [6, 6.07) is 34.0. The first-order valence-corrected chi connectivity index (χ1v) is 15.3. The van der Waals surface area contributed by atoms with Crippen molar-refractivity contribution in [2.45, 2.75) is 91.9 Å². The molecular formula is C38H46Cl2Zr-2. The van der Waals surface area contributed by atoms with Gasteiger partial charge in [-0.1, -0.05) is 102 Å². The maximum Gasteiger partial charge on any atom is -1.00 e. The molecule has 0 spiro atoms. The molecule has 0 aliphatic heterocycles. The number of halogens is 2. The number of hydrogen-bond donors (Lipinski definition) is 0. The summed E-state index contributed by atoms with van der Waals surface area (Å²) in [6.45, 7) is 22.5. The summed E-state index contributed by atoms with van der Waals surface area (Å²) in [5.41, 5.74) is 11.9. The van der Waals surface area contributed by atoms with E-state index in [1.165, 1.54) is 71.9 Å². The Hall–Kier alpha value is -1.66.